The van der Waals surface area contributed by atoms with Gasteiger partial charge in [0.25, 0.3) is 0 Å². The lowest BCUT2D eigenvalue weighted by Crippen LogP contribution is -2.35. The summed E-state index contributed by atoms with van der Waals surface area (Å²) in [6.45, 7) is 3.98. The van der Waals surface area contributed by atoms with Crippen molar-refractivity contribution in [2.24, 2.45) is 0 Å². The van der Waals surface area contributed by atoms with E-state index < -0.39 is 5.97 Å². The van der Waals surface area contributed by atoms with Crippen molar-refractivity contribution < 1.29 is 19.4 Å². The Morgan fingerprint density at radius 3 is 2.63 bits per heavy atom. The van der Waals surface area contributed by atoms with Crippen molar-refractivity contribution in [1.29, 1.82) is 0 Å². The zero-order chi connectivity index (χ0) is 14.0. The maximum atomic E-state index is 10.9. The Hall–Kier alpha value is -1.33. The zero-order valence-corrected chi connectivity index (χ0v) is 11.6. The van der Waals surface area contributed by atoms with Crippen molar-refractivity contribution in [3.63, 3.8) is 0 Å². The first-order valence-corrected chi connectivity index (χ1v) is 6.55. The average molecular weight is 286 g/mol. The van der Waals surface area contributed by atoms with Crippen molar-refractivity contribution in [3.05, 3.63) is 22.8 Å². The van der Waals surface area contributed by atoms with Crippen LogP contribution in [-0.4, -0.2) is 34.4 Å². The predicted molar refractivity (Wildman–Crippen MR) is 69.9 cm³/mol. The summed E-state index contributed by atoms with van der Waals surface area (Å²) in [5, 5.41) is 9.06. The van der Waals surface area contributed by atoms with E-state index in [4.69, 9.17) is 26.2 Å². The molecule has 0 radical (unpaired) electrons. The molecule has 1 aliphatic heterocycles. The molecule has 0 spiro atoms. The highest BCUT2D eigenvalue weighted by atomic mass is 35.5. The first-order valence-electron chi connectivity index (χ1n) is 6.17. The molecule has 1 fully saturated rings. The largest absolute Gasteiger partial charge is 0.476 e. The number of rotatable bonds is 3. The molecule has 2 atom stereocenters. The SMILES string of the molecule is CC1CC(Oc2ccc(Cl)c(C(=O)O)n2)CC(C)O1. The minimum atomic E-state index is -1.16. The van der Waals surface area contributed by atoms with Gasteiger partial charge < -0.3 is 14.6 Å². The van der Waals surface area contributed by atoms with E-state index in [1.165, 1.54) is 6.07 Å². The Labute approximate surface area is 116 Å². The second-order valence-corrected chi connectivity index (χ2v) is 5.16. The first-order chi connectivity index (χ1) is 8.95. The first kappa shape index (κ1) is 14.1. The molecule has 5 nitrogen and oxygen atoms in total. The monoisotopic (exact) mass is 285 g/mol. The molecule has 1 saturated heterocycles. The maximum Gasteiger partial charge on any atom is 0.356 e. The molecule has 0 aromatic carbocycles. The Bertz CT molecular complexity index is 470. The number of hydrogen-bond donors (Lipinski definition) is 1. The number of halogens is 1. The van der Waals surface area contributed by atoms with Crippen LogP contribution >= 0.6 is 11.6 Å². The molecule has 2 unspecified atom stereocenters. The van der Waals surface area contributed by atoms with Crippen LogP contribution in [0, 0.1) is 0 Å². The van der Waals surface area contributed by atoms with Gasteiger partial charge in [-0.3, -0.25) is 0 Å². The van der Waals surface area contributed by atoms with Gasteiger partial charge in [-0.1, -0.05) is 11.6 Å². The lowest BCUT2D eigenvalue weighted by Gasteiger charge is -2.31. The predicted octanol–water partition coefficient (Wildman–Crippen LogP) is 2.77. The van der Waals surface area contributed by atoms with Gasteiger partial charge in [0, 0.05) is 18.9 Å². The summed E-state index contributed by atoms with van der Waals surface area (Å²) in [7, 11) is 0. The van der Waals surface area contributed by atoms with Crippen LogP contribution in [0.25, 0.3) is 0 Å². The third-order valence-corrected chi connectivity index (χ3v) is 3.27. The van der Waals surface area contributed by atoms with Crippen LogP contribution < -0.4 is 4.74 Å². The molecule has 0 amide bonds. The number of aromatic nitrogens is 1. The van der Waals surface area contributed by atoms with Gasteiger partial charge in [-0.2, -0.15) is 0 Å². The fourth-order valence-electron chi connectivity index (χ4n) is 2.25. The zero-order valence-electron chi connectivity index (χ0n) is 10.8. The molecule has 0 saturated carbocycles. The highest BCUT2D eigenvalue weighted by Crippen LogP contribution is 2.25. The third kappa shape index (κ3) is 3.58. The fraction of sp³-hybridized carbons (Fsp3) is 0.538. The standard InChI is InChI=1S/C13H16ClNO4/c1-7-5-9(6-8(2)18-7)19-11-4-3-10(14)12(15-11)13(16)17/h3-4,7-9H,5-6H2,1-2H3,(H,16,17). The second-order valence-electron chi connectivity index (χ2n) is 4.75. The van der Waals surface area contributed by atoms with E-state index in [9.17, 15) is 4.79 Å². The topological polar surface area (TPSA) is 68.7 Å². The smallest absolute Gasteiger partial charge is 0.356 e. The lowest BCUT2D eigenvalue weighted by molar-refractivity contribution is -0.0730. The highest BCUT2D eigenvalue weighted by Gasteiger charge is 2.26. The van der Waals surface area contributed by atoms with Crippen LogP contribution in [0.5, 0.6) is 5.88 Å². The third-order valence-electron chi connectivity index (χ3n) is 2.96. The molecule has 1 aromatic heterocycles. The fourth-order valence-corrected chi connectivity index (χ4v) is 2.44. The molecule has 0 aliphatic carbocycles. The minimum absolute atomic E-state index is 0.0194. The normalized spacial score (nSPS) is 27.0. The van der Waals surface area contributed by atoms with Gasteiger partial charge >= 0.3 is 5.97 Å². The number of ether oxygens (including phenoxy) is 2. The van der Waals surface area contributed by atoms with E-state index in [1.807, 2.05) is 13.8 Å². The summed E-state index contributed by atoms with van der Waals surface area (Å²) in [6, 6.07) is 3.07. The number of hydrogen-bond acceptors (Lipinski definition) is 4. The Morgan fingerprint density at radius 2 is 2.05 bits per heavy atom. The molecule has 6 heteroatoms. The Morgan fingerprint density at radius 1 is 1.42 bits per heavy atom. The summed E-state index contributed by atoms with van der Waals surface area (Å²) < 4.78 is 11.3. The summed E-state index contributed by atoms with van der Waals surface area (Å²) >= 11 is 5.76. The molecular formula is C13H16ClNO4. The average Bonchev–Trinajstić information content (AvgIpc) is 2.30. The van der Waals surface area contributed by atoms with Crippen molar-refractivity contribution in [1.82, 2.24) is 4.98 Å². The van der Waals surface area contributed by atoms with Gasteiger partial charge in [0.15, 0.2) is 5.69 Å². The molecule has 2 rings (SSSR count). The van der Waals surface area contributed by atoms with E-state index in [0.717, 1.165) is 12.8 Å². The van der Waals surface area contributed by atoms with Crippen LogP contribution in [0.2, 0.25) is 5.02 Å². The van der Waals surface area contributed by atoms with Gasteiger partial charge in [0.1, 0.15) is 6.10 Å². The second kappa shape index (κ2) is 5.75. The van der Waals surface area contributed by atoms with E-state index in [-0.39, 0.29) is 34.9 Å². The maximum absolute atomic E-state index is 10.9. The van der Waals surface area contributed by atoms with Gasteiger partial charge in [-0.25, -0.2) is 9.78 Å². The van der Waals surface area contributed by atoms with Crippen LogP contribution in [-0.2, 0) is 4.74 Å². The van der Waals surface area contributed by atoms with E-state index in [2.05, 4.69) is 4.98 Å². The molecule has 104 valence electrons. The van der Waals surface area contributed by atoms with Crippen LogP contribution in [0.1, 0.15) is 37.2 Å². The Balaban J connectivity index is 2.10. The van der Waals surface area contributed by atoms with Crippen molar-refractivity contribution in [2.45, 2.75) is 45.0 Å². The number of carbonyl (C=O) groups is 1. The quantitative estimate of drug-likeness (QED) is 0.925. The van der Waals surface area contributed by atoms with Gasteiger partial charge in [0.2, 0.25) is 5.88 Å². The van der Waals surface area contributed by atoms with Crippen LogP contribution in [0.15, 0.2) is 12.1 Å². The summed E-state index contributed by atoms with van der Waals surface area (Å²) in [5.74, 6) is -0.878. The highest BCUT2D eigenvalue weighted by molar-refractivity contribution is 6.33. The number of carboxylic acid groups (broad SMARTS) is 1. The van der Waals surface area contributed by atoms with Gasteiger partial charge in [-0.05, 0) is 19.9 Å². The van der Waals surface area contributed by atoms with Crippen LogP contribution in [0.3, 0.4) is 0 Å². The number of carboxylic acids is 1. The molecule has 1 N–H and O–H groups in total. The number of pyridine rings is 1. The van der Waals surface area contributed by atoms with Crippen molar-refractivity contribution in [3.8, 4) is 5.88 Å². The molecule has 2 heterocycles. The molecule has 1 aliphatic rings. The van der Waals surface area contributed by atoms with E-state index in [0.29, 0.717) is 0 Å². The number of nitrogens with zero attached hydrogens (tertiary/aromatic N) is 1. The van der Waals surface area contributed by atoms with Gasteiger partial charge in [0.05, 0.1) is 17.2 Å². The van der Waals surface area contributed by atoms with E-state index >= 15 is 0 Å². The van der Waals surface area contributed by atoms with Crippen LogP contribution in [0.4, 0.5) is 0 Å². The summed E-state index contributed by atoms with van der Waals surface area (Å²) in [6.07, 6.45) is 1.75. The van der Waals surface area contributed by atoms with Crippen molar-refractivity contribution >= 4 is 17.6 Å². The lowest BCUT2D eigenvalue weighted by atomic mass is 10.0. The molecule has 1 aromatic rings. The van der Waals surface area contributed by atoms with Crippen molar-refractivity contribution in [2.75, 3.05) is 0 Å². The van der Waals surface area contributed by atoms with Gasteiger partial charge in [-0.15, -0.1) is 0 Å². The number of aromatic carboxylic acids is 1. The van der Waals surface area contributed by atoms with E-state index in [1.54, 1.807) is 6.07 Å². The minimum Gasteiger partial charge on any atom is -0.476 e. The Kier molecular flexibility index (Phi) is 4.27. The molecule has 0 bridgehead atoms. The molecular weight excluding hydrogens is 270 g/mol. The summed E-state index contributed by atoms with van der Waals surface area (Å²) in [5.41, 5.74) is -0.188. The molecule has 19 heavy (non-hydrogen) atoms. The summed E-state index contributed by atoms with van der Waals surface area (Å²) in [4.78, 5) is 14.9.